The summed E-state index contributed by atoms with van der Waals surface area (Å²) in [4.78, 5) is 73.3. The summed E-state index contributed by atoms with van der Waals surface area (Å²) >= 11 is 0. The summed E-state index contributed by atoms with van der Waals surface area (Å²) < 4.78 is 69.0. The summed E-state index contributed by atoms with van der Waals surface area (Å²) in [6.07, 6.45) is 70.8. The maximum absolute atomic E-state index is 13.2. The molecule has 0 aliphatic carbocycles. The minimum Gasteiger partial charge on any atom is -0.462 e. The highest BCUT2D eigenvalue weighted by molar-refractivity contribution is 7.47. The lowest BCUT2D eigenvalue weighted by molar-refractivity contribution is -0.161. The third kappa shape index (κ3) is 80.1. The first-order valence-electron chi connectivity index (χ1n) is 45.0. The van der Waals surface area contributed by atoms with Gasteiger partial charge in [-0.25, -0.2) is 9.13 Å². The highest BCUT2D eigenvalue weighted by atomic mass is 31.2. The van der Waals surface area contributed by atoms with E-state index in [2.05, 4.69) is 41.5 Å². The molecule has 0 aliphatic rings. The number of carbonyl (C=O) groups excluding carboxylic acids is 4. The van der Waals surface area contributed by atoms with Gasteiger partial charge in [0, 0.05) is 25.7 Å². The number of unbranched alkanes of at least 4 members (excludes halogenated alkanes) is 56. The van der Waals surface area contributed by atoms with Crippen LogP contribution < -0.4 is 0 Å². The predicted octanol–water partition coefficient (Wildman–Crippen LogP) is 26.6. The standard InChI is InChI=1S/C87H170O17P2/c1-7-9-11-13-15-17-19-21-23-25-26-28-32-37-41-47-54-60-66-72-86(91)103-82(75-97-84(89)69-63-57-51-45-39-35-33-29-30-34-38-43-49-55-61-67-79(3)4)77-101-105(93,94)99-73-81(88)74-100-106(95,96)102-78-83(76-98-85(90)70-64-58-52-48-42-44-50-56-62-68-80(5)6)104-87(92)71-65-59-53-46-40-36-31-27-24-22-20-18-16-14-12-10-8-2/h79-83,88H,7-78H2,1-6H3,(H,93,94)(H,95,96)/t81-,82-,83-/m1/s1. The monoisotopic (exact) mass is 1550 g/mol. The number of rotatable bonds is 86. The van der Waals surface area contributed by atoms with Gasteiger partial charge in [-0.3, -0.25) is 37.3 Å². The van der Waals surface area contributed by atoms with Gasteiger partial charge in [0.25, 0.3) is 0 Å². The van der Waals surface area contributed by atoms with Gasteiger partial charge < -0.3 is 33.8 Å². The molecule has 2 unspecified atom stereocenters. The topological polar surface area (TPSA) is 237 Å². The molecule has 0 fully saturated rings. The average molecular weight is 1550 g/mol. The van der Waals surface area contributed by atoms with Crippen LogP contribution in [-0.4, -0.2) is 96.7 Å². The van der Waals surface area contributed by atoms with E-state index >= 15 is 0 Å². The zero-order valence-electron chi connectivity index (χ0n) is 69.7. The molecule has 0 heterocycles. The van der Waals surface area contributed by atoms with Crippen molar-refractivity contribution >= 4 is 39.5 Å². The highest BCUT2D eigenvalue weighted by Gasteiger charge is 2.30. The maximum atomic E-state index is 13.2. The zero-order chi connectivity index (χ0) is 77.8. The summed E-state index contributed by atoms with van der Waals surface area (Å²) in [6.45, 7) is 9.69. The van der Waals surface area contributed by atoms with Crippen molar-refractivity contribution in [3.8, 4) is 0 Å². The van der Waals surface area contributed by atoms with Gasteiger partial charge in [0.05, 0.1) is 26.4 Å². The second-order valence-electron chi connectivity index (χ2n) is 32.2. The van der Waals surface area contributed by atoms with Crippen LogP contribution >= 0.6 is 15.6 Å². The third-order valence-electron chi connectivity index (χ3n) is 20.5. The van der Waals surface area contributed by atoms with Crippen LogP contribution in [0.5, 0.6) is 0 Å². The molecular weight excluding hydrogens is 1380 g/mol. The lowest BCUT2D eigenvalue weighted by Crippen LogP contribution is -2.30. The summed E-state index contributed by atoms with van der Waals surface area (Å²) in [7, 11) is -9.93. The lowest BCUT2D eigenvalue weighted by atomic mass is 10.0. The first-order valence-corrected chi connectivity index (χ1v) is 48.0. The fourth-order valence-electron chi connectivity index (χ4n) is 13.6. The second-order valence-corrected chi connectivity index (χ2v) is 35.1. The lowest BCUT2D eigenvalue weighted by Gasteiger charge is -2.21. The summed E-state index contributed by atoms with van der Waals surface area (Å²) in [5.74, 6) is -0.549. The summed E-state index contributed by atoms with van der Waals surface area (Å²) in [6, 6.07) is 0. The van der Waals surface area contributed by atoms with Crippen LogP contribution in [0.1, 0.15) is 465 Å². The van der Waals surface area contributed by atoms with Crippen molar-refractivity contribution in [2.75, 3.05) is 39.6 Å². The quantitative estimate of drug-likeness (QED) is 0.0222. The molecule has 19 heteroatoms. The summed E-state index contributed by atoms with van der Waals surface area (Å²) in [5, 5.41) is 10.7. The van der Waals surface area contributed by atoms with Gasteiger partial charge in [0.2, 0.25) is 0 Å². The van der Waals surface area contributed by atoms with Gasteiger partial charge in [-0.05, 0) is 37.5 Å². The van der Waals surface area contributed by atoms with Gasteiger partial charge in [0.1, 0.15) is 19.3 Å². The number of ether oxygens (including phenoxy) is 4. The molecule has 5 atom stereocenters. The summed E-state index contributed by atoms with van der Waals surface area (Å²) in [5.41, 5.74) is 0. The Morgan fingerprint density at radius 1 is 0.255 bits per heavy atom. The Kier molecular flexibility index (Phi) is 76.9. The molecule has 0 aliphatic heterocycles. The van der Waals surface area contributed by atoms with E-state index in [1.54, 1.807) is 0 Å². The normalized spacial score (nSPS) is 13.8. The molecule has 17 nitrogen and oxygen atoms in total. The van der Waals surface area contributed by atoms with Crippen LogP contribution in [-0.2, 0) is 65.4 Å². The van der Waals surface area contributed by atoms with Crippen molar-refractivity contribution in [3.63, 3.8) is 0 Å². The molecule has 3 N–H and O–H groups in total. The number of aliphatic hydroxyl groups excluding tert-OH is 1. The second kappa shape index (κ2) is 78.3. The number of hydrogen-bond acceptors (Lipinski definition) is 15. The minimum atomic E-state index is -4.97. The maximum Gasteiger partial charge on any atom is 0.472 e. The Bertz CT molecular complexity index is 2030. The molecule has 0 aromatic carbocycles. The van der Waals surface area contributed by atoms with E-state index in [9.17, 15) is 43.2 Å². The molecular formula is C87H170O17P2. The molecule has 630 valence electrons. The predicted molar refractivity (Wildman–Crippen MR) is 437 cm³/mol. The van der Waals surface area contributed by atoms with Crippen molar-refractivity contribution in [1.29, 1.82) is 0 Å². The largest absolute Gasteiger partial charge is 0.472 e. The van der Waals surface area contributed by atoms with Crippen molar-refractivity contribution in [1.82, 2.24) is 0 Å². The molecule has 0 rings (SSSR count). The van der Waals surface area contributed by atoms with E-state index in [1.807, 2.05) is 0 Å². The van der Waals surface area contributed by atoms with Gasteiger partial charge in [-0.2, -0.15) is 0 Å². The van der Waals surface area contributed by atoms with Crippen LogP contribution in [0.2, 0.25) is 0 Å². The molecule has 0 aromatic rings. The van der Waals surface area contributed by atoms with E-state index < -0.39 is 97.5 Å². The van der Waals surface area contributed by atoms with Crippen LogP contribution in [0.4, 0.5) is 0 Å². The Morgan fingerprint density at radius 2 is 0.434 bits per heavy atom. The van der Waals surface area contributed by atoms with Gasteiger partial charge >= 0.3 is 39.5 Å². The average Bonchev–Trinajstić information content (AvgIpc) is 0.885. The number of carbonyl (C=O) groups is 4. The SMILES string of the molecule is CCCCCCCCCCCCCCCCCCCCCC(=O)O[C@H](COC(=O)CCCCCCCCCCCCCCCCCC(C)C)COP(=O)(O)OC[C@@H](O)COP(=O)(O)OC[C@@H](COC(=O)CCCCCCCCCCCC(C)C)OC(=O)CCCCCCCCCCCCCCCCCCC. The smallest absolute Gasteiger partial charge is 0.462 e. The Morgan fingerprint density at radius 3 is 0.642 bits per heavy atom. The molecule has 0 saturated heterocycles. The van der Waals surface area contributed by atoms with E-state index in [0.29, 0.717) is 25.7 Å². The number of hydrogen-bond donors (Lipinski definition) is 3. The molecule has 0 radical (unpaired) electrons. The molecule has 0 aromatic heterocycles. The van der Waals surface area contributed by atoms with Crippen LogP contribution in [0.15, 0.2) is 0 Å². The zero-order valence-corrected chi connectivity index (χ0v) is 71.5. The minimum absolute atomic E-state index is 0.108. The number of phosphoric ester groups is 2. The van der Waals surface area contributed by atoms with Crippen molar-refractivity contribution in [2.45, 2.75) is 484 Å². The first kappa shape index (κ1) is 104. The third-order valence-corrected chi connectivity index (χ3v) is 22.4. The number of esters is 4. The van der Waals surface area contributed by atoms with Crippen molar-refractivity contribution in [3.05, 3.63) is 0 Å². The highest BCUT2D eigenvalue weighted by Crippen LogP contribution is 2.45. The molecule has 0 saturated carbocycles. The molecule has 106 heavy (non-hydrogen) atoms. The fraction of sp³-hybridized carbons (Fsp3) is 0.954. The molecule has 0 bridgehead atoms. The van der Waals surface area contributed by atoms with Crippen molar-refractivity contribution < 1.29 is 80.2 Å². The van der Waals surface area contributed by atoms with Crippen LogP contribution in [0.3, 0.4) is 0 Å². The van der Waals surface area contributed by atoms with Crippen LogP contribution in [0.25, 0.3) is 0 Å². The van der Waals surface area contributed by atoms with Gasteiger partial charge in [-0.1, -0.05) is 414 Å². The van der Waals surface area contributed by atoms with Crippen LogP contribution in [0, 0.1) is 11.8 Å². The Balaban J connectivity index is 5.26. The van der Waals surface area contributed by atoms with E-state index in [1.165, 1.54) is 283 Å². The van der Waals surface area contributed by atoms with Gasteiger partial charge in [-0.15, -0.1) is 0 Å². The van der Waals surface area contributed by atoms with Gasteiger partial charge in [0.15, 0.2) is 12.2 Å². The molecule has 0 amide bonds. The van der Waals surface area contributed by atoms with Crippen molar-refractivity contribution in [2.24, 2.45) is 11.8 Å². The van der Waals surface area contributed by atoms with E-state index in [-0.39, 0.29) is 25.7 Å². The van der Waals surface area contributed by atoms with E-state index in [0.717, 1.165) is 102 Å². The first-order chi connectivity index (χ1) is 51.4. The Labute approximate surface area is 651 Å². The number of phosphoric acid groups is 2. The Hall–Kier alpha value is -1.94. The number of aliphatic hydroxyl groups is 1. The fourth-order valence-corrected chi connectivity index (χ4v) is 15.2. The molecule has 0 spiro atoms. The van der Waals surface area contributed by atoms with E-state index in [4.69, 9.17) is 37.0 Å².